The summed E-state index contributed by atoms with van der Waals surface area (Å²) < 4.78 is 11.6. The number of rotatable bonds is 10. The predicted molar refractivity (Wildman–Crippen MR) is 112 cm³/mol. The summed E-state index contributed by atoms with van der Waals surface area (Å²) in [5.41, 5.74) is 0. The molecule has 0 aromatic carbocycles. The van der Waals surface area contributed by atoms with Crippen molar-refractivity contribution in [3.63, 3.8) is 0 Å². The normalized spacial score (nSPS) is 23.4. The maximum Gasteiger partial charge on any atom is 0.140 e. The standard InChI is InChI=1S/C24H36O4/c1-17(2)15-27-21-9-11-23(25)19(13-21)7-5-6-8-20-14-22(10-12-24(20)26)28-16-18(3)4/h5-6,13-14,17-20H,7-12,15-16H2,1-4H3/b6-5+/t19-,20-/m0/s1. The fraction of sp³-hybridized carbons (Fsp3) is 0.667. The molecule has 2 rings (SSSR count). The molecule has 0 unspecified atom stereocenters. The largest absolute Gasteiger partial charge is 0.498 e. The van der Waals surface area contributed by atoms with Crippen molar-refractivity contribution in [3.8, 4) is 0 Å². The molecule has 156 valence electrons. The van der Waals surface area contributed by atoms with Crippen LogP contribution >= 0.6 is 0 Å². The number of allylic oxidation sites excluding steroid dienone is 6. The van der Waals surface area contributed by atoms with Gasteiger partial charge in [-0.2, -0.15) is 0 Å². The molecule has 0 radical (unpaired) electrons. The van der Waals surface area contributed by atoms with Crippen LogP contribution in [0.25, 0.3) is 0 Å². The average Bonchev–Trinajstić information content (AvgIpc) is 2.65. The summed E-state index contributed by atoms with van der Waals surface area (Å²) in [4.78, 5) is 24.4. The van der Waals surface area contributed by atoms with Crippen LogP contribution in [0.5, 0.6) is 0 Å². The molecule has 2 atom stereocenters. The number of hydrogen-bond acceptors (Lipinski definition) is 4. The third-order valence-electron chi connectivity index (χ3n) is 4.99. The fourth-order valence-corrected chi connectivity index (χ4v) is 3.34. The second kappa shape index (κ2) is 11.2. The summed E-state index contributed by atoms with van der Waals surface area (Å²) in [6.07, 6.45) is 11.9. The molecule has 0 saturated heterocycles. The van der Waals surface area contributed by atoms with Crippen LogP contribution in [0.15, 0.2) is 35.8 Å². The van der Waals surface area contributed by atoms with Gasteiger partial charge in [0.2, 0.25) is 0 Å². The van der Waals surface area contributed by atoms with E-state index in [0.29, 0.717) is 63.6 Å². The summed E-state index contributed by atoms with van der Waals surface area (Å²) in [6, 6.07) is 0. The molecule has 0 aromatic rings. The molecule has 0 spiro atoms. The molecule has 4 heteroatoms. The Hall–Kier alpha value is -1.84. The minimum atomic E-state index is -0.102. The topological polar surface area (TPSA) is 52.6 Å². The van der Waals surface area contributed by atoms with Gasteiger partial charge in [0.15, 0.2) is 0 Å². The quantitative estimate of drug-likeness (QED) is 0.471. The number of ether oxygens (including phenoxy) is 2. The second-order valence-electron chi connectivity index (χ2n) is 8.76. The Labute approximate surface area is 170 Å². The van der Waals surface area contributed by atoms with Gasteiger partial charge < -0.3 is 9.47 Å². The van der Waals surface area contributed by atoms with Crippen molar-refractivity contribution in [2.45, 2.75) is 66.2 Å². The van der Waals surface area contributed by atoms with Gasteiger partial charge in [0.05, 0.1) is 24.7 Å². The van der Waals surface area contributed by atoms with Crippen LogP contribution in [0, 0.1) is 23.7 Å². The van der Waals surface area contributed by atoms with Gasteiger partial charge in [-0.15, -0.1) is 0 Å². The van der Waals surface area contributed by atoms with Gasteiger partial charge in [0.25, 0.3) is 0 Å². The summed E-state index contributed by atoms with van der Waals surface area (Å²) in [5, 5.41) is 0. The first-order valence-electron chi connectivity index (χ1n) is 10.7. The summed E-state index contributed by atoms with van der Waals surface area (Å²) in [7, 11) is 0. The summed E-state index contributed by atoms with van der Waals surface area (Å²) in [6.45, 7) is 9.87. The van der Waals surface area contributed by atoms with Crippen LogP contribution in [-0.4, -0.2) is 24.8 Å². The molecule has 2 aliphatic rings. The number of hydrogen-bond donors (Lipinski definition) is 0. The van der Waals surface area contributed by atoms with Crippen molar-refractivity contribution in [2.75, 3.05) is 13.2 Å². The minimum Gasteiger partial charge on any atom is -0.498 e. The van der Waals surface area contributed by atoms with E-state index in [4.69, 9.17) is 9.47 Å². The van der Waals surface area contributed by atoms with E-state index in [2.05, 4.69) is 27.7 Å². The zero-order chi connectivity index (χ0) is 20.5. The first-order chi connectivity index (χ1) is 13.3. The van der Waals surface area contributed by atoms with E-state index in [9.17, 15) is 9.59 Å². The van der Waals surface area contributed by atoms with Crippen molar-refractivity contribution in [2.24, 2.45) is 23.7 Å². The van der Waals surface area contributed by atoms with Crippen LogP contribution in [0.3, 0.4) is 0 Å². The number of carbonyl (C=O) groups is 2. The van der Waals surface area contributed by atoms with Gasteiger partial charge in [-0.1, -0.05) is 39.8 Å². The number of Topliss-reactive ketones (excluding diaryl/α,β-unsaturated/α-hetero) is 2. The molecular formula is C24H36O4. The van der Waals surface area contributed by atoms with E-state index < -0.39 is 0 Å². The molecule has 0 amide bonds. The Bertz CT molecular complexity index is 571. The molecule has 0 fully saturated rings. The third kappa shape index (κ3) is 7.65. The first-order valence-corrected chi connectivity index (χ1v) is 10.7. The highest BCUT2D eigenvalue weighted by Crippen LogP contribution is 2.26. The molecule has 4 nitrogen and oxygen atoms in total. The third-order valence-corrected chi connectivity index (χ3v) is 4.99. The summed E-state index contributed by atoms with van der Waals surface area (Å²) in [5.74, 6) is 3.20. The Kier molecular flexibility index (Phi) is 9.01. The number of ketones is 2. The SMILES string of the molecule is CC(C)COC1=C[C@H](C/C=C/C[C@H]2C=C(OCC(C)C)CCC2=O)C(=O)CC1. The van der Waals surface area contributed by atoms with E-state index in [1.54, 1.807) is 0 Å². The lowest BCUT2D eigenvalue weighted by Crippen LogP contribution is -2.19. The van der Waals surface area contributed by atoms with Crippen molar-refractivity contribution in [1.82, 2.24) is 0 Å². The van der Waals surface area contributed by atoms with Gasteiger partial charge in [-0.05, 0) is 36.8 Å². The van der Waals surface area contributed by atoms with Crippen LogP contribution in [0.2, 0.25) is 0 Å². The van der Waals surface area contributed by atoms with Gasteiger partial charge in [-0.25, -0.2) is 0 Å². The highest BCUT2D eigenvalue weighted by atomic mass is 16.5. The lowest BCUT2D eigenvalue weighted by atomic mass is 9.88. The molecule has 0 aromatic heterocycles. The van der Waals surface area contributed by atoms with Crippen LogP contribution in [-0.2, 0) is 19.1 Å². The van der Waals surface area contributed by atoms with Gasteiger partial charge in [0, 0.05) is 37.5 Å². The fourth-order valence-electron chi connectivity index (χ4n) is 3.34. The molecule has 0 N–H and O–H groups in total. The zero-order valence-electron chi connectivity index (χ0n) is 17.9. The average molecular weight is 389 g/mol. The monoisotopic (exact) mass is 388 g/mol. The Morgan fingerprint density at radius 3 is 1.54 bits per heavy atom. The van der Waals surface area contributed by atoms with Crippen LogP contribution in [0.4, 0.5) is 0 Å². The van der Waals surface area contributed by atoms with Crippen LogP contribution < -0.4 is 0 Å². The van der Waals surface area contributed by atoms with Gasteiger partial charge in [-0.3, -0.25) is 9.59 Å². The van der Waals surface area contributed by atoms with Gasteiger partial charge >= 0.3 is 0 Å². The highest BCUT2D eigenvalue weighted by molar-refractivity contribution is 5.84. The highest BCUT2D eigenvalue weighted by Gasteiger charge is 2.23. The maximum absolute atomic E-state index is 12.2. The molecule has 2 aliphatic carbocycles. The van der Waals surface area contributed by atoms with E-state index in [1.807, 2.05) is 24.3 Å². The summed E-state index contributed by atoms with van der Waals surface area (Å²) >= 11 is 0. The molecule has 0 bridgehead atoms. The van der Waals surface area contributed by atoms with Crippen molar-refractivity contribution >= 4 is 11.6 Å². The molecular weight excluding hydrogens is 352 g/mol. The van der Waals surface area contributed by atoms with E-state index >= 15 is 0 Å². The maximum atomic E-state index is 12.2. The minimum absolute atomic E-state index is 0.102. The molecule has 0 heterocycles. The van der Waals surface area contributed by atoms with Crippen LogP contribution in [0.1, 0.15) is 66.2 Å². The predicted octanol–water partition coefficient (Wildman–Crippen LogP) is 5.39. The smallest absolute Gasteiger partial charge is 0.140 e. The van der Waals surface area contributed by atoms with Crippen molar-refractivity contribution in [3.05, 3.63) is 35.8 Å². The van der Waals surface area contributed by atoms with E-state index in [-0.39, 0.29) is 23.4 Å². The van der Waals surface area contributed by atoms with E-state index in [1.165, 1.54) is 0 Å². The Morgan fingerprint density at radius 1 is 0.786 bits per heavy atom. The molecule has 0 aliphatic heterocycles. The lowest BCUT2D eigenvalue weighted by Gasteiger charge is -2.21. The number of carbonyl (C=O) groups excluding carboxylic acids is 2. The second-order valence-corrected chi connectivity index (χ2v) is 8.76. The molecule has 0 saturated carbocycles. The van der Waals surface area contributed by atoms with Crippen molar-refractivity contribution < 1.29 is 19.1 Å². The zero-order valence-corrected chi connectivity index (χ0v) is 17.9. The first kappa shape index (κ1) is 22.4. The van der Waals surface area contributed by atoms with Gasteiger partial charge in [0.1, 0.15) is 11.6 Å². The van der Waals surface area contributed by atoms with E-state index in [0.717, 1.165) is 11.5 Å². The lowest BCUT2D eigenvalue weighted by molar-refractivity contribution is -0.123. The van der Waals surface area contributed by atoms with Crippen molar-refractivity contribution in [1.29, 1.82) is 0 Å². The molecule has 28 heavy (non-hydrogen) atoms. The Morgan fingerprint density at radius 2 is 1.18 bits per heavy atom. The Balaban J connectivity index is 1.85.